The Labute approximate surface area is 202 Å². The van der Waals surface area contributed by atoms with Crippen molar-refractivity contribution < 1.29 is 24.1 Å². The van der Waals surface area contributed by atoms with Crippen molar-refractivity contribution in [2.45, 2.75) is 18.8 Å². The zero-order chi connectivity index (χ0) is 24.5. The molecule has 2 aromatic carbocycles. The molecule has 0 saturated carbocycles. The molecule has 3 aromatic rings. The molecule has 34 heavy (non-hydrogen) atoms. The number of aliphatic carboxylic acids is 1. The number of fused-ring (bicyclic) bond motifs is 1. The van der Waals surface area contributed by atoms with Gasteiger partial charge in [-0.1, -0.05) is 6.07 Å². The number of carboxylic acids is 1. The van der Waals surface area contributed by atoms with Crippen molar-refractivity contribution in [1.82, 2.24) is 0 Å². The summed E-state index contributed by atoms with van der Waals surface area (Å²) in [5, 5.41) is 19.5. The van der Waals surface area contributed by atoms with Gasteiger partial charge < -0.3 is 30.0 Å². The van der Waals surface area contributed by atoms with Gasteiger partial charge in [0.15, 0.2) is 11.5 Å². The maximum atomic E-state index is 12.6. The number of nitrogens with two attached hydrogens (primary N) is 1. The summed E-state index contributed by atoms with van der Waals surface area (Å²) in [6, 6.07) is 11.3. The van der Waals surface area contributed by atoms with Gasteiger partial charge in [-0.15, -0.1) is 11.3 Å². The topological polar surface area (TPSA) is 118 Å². The molecule has 0 amide bonds. The highest BCUT2D eigenvalue weighted by Crippen LogP contribution is 2.40. The minimum atomic E-state index is -1.28. The van der Waals surface area contributed by atoms with E-state index in [0.717, 1.165) is 33.7 Å². The highest BCUT2D eigenvalue weighted by atomic mass is 32.1. The Morgan fingerprint density at radius 1 is 1.18 bits per heavy atom. The monoisotopic (exact) mass is 483 g/mol. The number of ether oxygens (including phenoxy) is 3. The van der Waals surface area contributed by atoms with Gasteiger partial charge in [0.25, 0.3) is 0 Å². The molecule has 1 unspecified atom stereocenters. The average Bonchev–Trinajstić information content (AvgIpc) is 3.23. The number of methoxy groups -OCH3 is 2. The van der Waals surface area contributed by atoms with Crippen molar-refractivity contribution >= 4 is 38.9 Å². The van der Waals surface area contributed by atoms with Gasteiger partial charge in [-0.3, -0.25) is 10.2 Å². The van der Waals surface area contributed by atoms with E-state index in [2.05, 4.69) is 4.90 Å². The van der Waals surface area contributed by atoms with Crippen LogP contribution in [0.5, 0.6) is 11.5 Å². The summed E-state index contributed by atoms with van der Waals surface area (Å²) in [4.78, 5) is 15.7. The van der Waals surface area contributed by atoms with Crippen molar-refractivity contribution in [1.29, 1.82) is 5.41 Å². The number of thiophene rings is 1. The van der Waals surface area contributed by atoms with Crippen LogP contribution in [0.3, 0.4) is 0 Å². The SMILES string of the molecule is COc1cc2cc(CC(C)(C(=O)O)c3ccc(N4CCOCC4)cc3C(=N)N)sc2cc1OC. The van der Waals surface area contributed by atoms with Crippen LogP contribution in [0.15, 0.2) is 36.4 Å². The van der Waals surface area contributed by atoms with E-state index >= 15 is 0 Å². The number of hydrogen-bond donors (Lipinski definition) is 3. The highest BCUT2D eigenvalue weighted by Gasteiger charge is 2.38. The number of nitrogens with zero attached hydrogens (tertiary/aromatic N) is 1. The summed E-state index contributed by atoms with van der Waals surface area (Å²) in [5.74, 6) is 0.130. The van der Waals surface area contributed by atoms with E-state index in [1.165, 1.54) is 11.3 Å². The lowest BCUT2D eigenvalue weighted by Crippen LogP contribution is -2.38. The third-order valence-electron chi connectivity index (χ3n) is 6.34. The summed E-state index contributed by atoms with van der Waals surface area (Å²) in [7, 11) is 3.17. The largest absolute Gasteiger partial charge is 0.493 e. The molecule has 8 nitrogen and oxygen atoms in total. The first kappa shape index (κ1) is 23.8. The van der Waals surface area contributed by atoms with Crippen molar-refractivity contribution in [2.75, 3.05) is 45.4 Å². The smallest absolute Gasteiger partial charge is 0.314 e. The third-order valence-corrected chi connectivity index (χ3v) is 7.44. The standard InChI is InChI=1S/C25H29N3O5S/c1-25(24(29)30,14-17-10-15-11-20(31-2)21(32-3)13-22(15)34-17)19-5-4-16(12-18(19)23(26)27)28-6-8-33-9-7-28/h4-5,10-13H,6-9,14H2,1-3H3,(H3,26,27)(H,29,30). The molecule has 180 valence electrons. The maximum absolute atomic E-state index is 12.6. The van der Waals surface area contributed by atoms with E-state index < -0.39 is 11.4 Å². The number of carbonyl (C=O) groups is 1. The Kier molecular flexibility index (Phi) is 6.67. The van der Waals surface area contributed by atoms with Crippen LogP contribution >= 0.6 is 11.3 Å². The summed E-state index contributed by atoms with van der Waals surface area (Å²) >= 11 is 1.52. The lowest BCUT2D eigenvalue weighted by atomic mass is 9.76. The quantitative estimate of drug-likeness (QED) is 0.331. The van der Waals surface area contributed by atoms with E-state index in [1.807, 2.05) is 30.3 Å². The van der Waals surface area contributed by atoms with E-state index in [4.69, 9.17) is 25.4 Å². The molecule has 1 aliphatic heterocycles. The Balaban J connectivity index is 1.74. The van der Waals surface area contributed by atoms with Gasteiger partial charge in [-0.2, -0.15) is 0 Å². The van der Waals surface area contributed by atoms with E-state index in [1.54, 1.807) is 27.2 Å². The first-order valence-electron chi connectivity index (χ1n) is 11.0. The van der Waals surface area contributed by atoms with Crippen LogP contribution in [0.25, 0.3) is 10.1 Å². The summed E-state index contributed by atoms with van der Waals surface area (Å²) in [6.07, 6.45) is 0.253. The third kappa shape index (κ3) is 4.41. The van der Waals surface area contributed by atoms with Crippen LogP contribution in [-0.4, -0.2) is 57.4 Å². The number of amidine groups is 1. The fourth-order valence-electron chi connectivity index (χ4n) is 4.40. The second kappa shape index (κ2) is 9.52. The fraction of sp³-hybridized carbons (Fsp3) is 0.360. The molecule has 0 aliphatic carbocycles. The predicted molar refractivity (Wildman–Crippen MR) is 134 cm³/mol. The molecule has 4 rings (SSSR count). The highest BCUT2D eigenvalue weighted by molar-refractivity contribution is 7.19. The minimum Gasteiger partial charge on any atom is -0.493 e. The van der Waals surface area contributed by atoms with E-state index in [0.29, 0.717) is 35.8 Å². The van der Waals surface area contributed by atoms with Crippen molar-refractivity contribution in [3.05, 3.63) is 52.4 Å². The molecular weight excluding hydrogens is 454 g/mol. The molecule has 0 radical (unpaired) electrons. The van der Waals surface area contributed by atoms with Crippen molar-refractivity contribution in [3.63, 3.8) is 0 Å². The molecule has 1 saturated heterocycles. The number of anilines is 1. The summed E-state index contributed by atoms with van der Waals surface area (Å²) in [6.45, 7) is 4.43. The van der Waals surface area contributed by atoms with Crippen molar-refractivity contribution in [3.8, 4) is 11.5 Å². The van der Waals surface area contributed by atoms with Gasteiger partial charge in [-0.25, -0.2) is 0 Å². The second-order valence-corrected chi connectivity index (χ2v) is 9.68. The number of morpholine rings is 1. The molecule has 1 aromatic heterocycles. The number of nitrogen functional groups attached to an aromatic ring is 1. The van der Waals surface area contributed by atoms with Gasteiger partial charge in [-0.05, 0) is 42.1 Å². The molecule has 1 aliphatic rings. The Morgan fingerprint density at radius 3 is 2.47 bits per heavy atom. The Hall–Kier alpha value is -3.30. The van der Waals surface area contributed by atoms with Gasteiger partial charge in [0.05, 0.1) is 32.8 Å². The lowest BCUT2D eigenvalue weighted by molar-refractivity contribution is -0.143. The van der Waals surface area contributed by atoms with Crippen LogP contribution in [0.4, 0.5) is 5.69 Å². The second-order valence-electron chi connectivity index (χ2n) is 8.51. The first-order valence-corrected chi connectivity index (χ1v) is 11.8. The Morgan fingerprint density at radius 2 is 1.85 bits per heavy atom. The van der Waals surface area contributed by atoms with E-state index in [-0.39, 0.29) is 12.3 Å². The lowest BCUT2D eigenvalue weighted by Gasteiger charge is -2.31. The summed E-state index contributed by atoms with van der Waals surface area (Å²) in [5.41, 5.74) is 6.55. The van der Waals surface area contributed by atoms with Gasteiger partial charge >= 0.3 is 5.97 Å². The normalized spacial score (nSPS) is 15.7. The molecule has 0 bridgehead atoms. The molecular formula is C25H29N3O5S. The molecule has 4 N–H and O–H groups in total. The Bertz CT molecular complexity index is 1190. The fourth-order valence-corrected chi connectivity index (χ4v) is 5.63. The minimum absolute atomic E-state index is 0.150. The van der Waals surface area contributed by atoms with Crippen molar-refractivity contribution in [2.24, 2.45) is 5.73 Å². The van der Waals surface area contributed by atoms with Gasteiger partial charge in [0, 0.05) is 46.4 Å². The average molecular weight is 484 g/mol. The van der Waals surface area contributed by atoms with Crippen LogP contribution in [0.1, 0.15) is 22.9 Å². The number of rotatable bonds is 8. The van der Waals surface area contributed by atoms with Gasteiger partial charge in [0.1, 0.15) is 5.84 Å². The van der Waals surface area contributed by atoms with E-state index in [9.17, 15) is 9.90 Å². The van der Waals surface area contributed by atoms with Crippen LogP contribution < -0.4 is 20.1 Å². The predicted octanol–water partition coefficient (Wildman–Crippen LogP) is 3.62. The number of carboxylic acid groups (broad SMARTS) is 1. The zero-order valence-corrected chi connectivity index (χ0v) is 20.3. The number of nitrogens with one attached hydrogen (secondary N) is 1. The first-order chi connectivity index (χ1) is 16.3. The molecule has 0 spiro atoms. The maximum Gasteiger partial charge on any atom is 0.314 e. The molecule has 9 heteroatoms. The molecule has 2 heterocycles. The van der Waals surface area contributed by atoms with Gasteiger partial charge in [0.2, 0.25) is 0 Å². The van der Waals surface area contributed by atoms with Crippen LogP contribution in [0, 0.1) is 5.41 Å². The molecule has 1 atom stereocenters. The molecule has 1 fully saturated rings. The zero-order valence-electron chi connectivity index (χ0n) is 19.5. The summed E-state index contributed by atoms with van der Waals surface area (Å²) < 4.78 is 17.2. The number of benzene rings is 2. The number of hydrogen-bond acceptors (Lipinski definition) is 7. The van der Waals surface area contributed by atoms with Crippen LogP contribution in [-0.2, 0) is 21.4 Å². The van der Waals surface area contributed by atoms with Crippen LogP contribution in [0.2, 0.25) is 0 Å².